The van der Waals surface area contributed by atoms with Crippen molar-refractivity contribution in [1.82, 2.24) is 4.90 Å². The maximum absolute atomic E-state index is 9.82. The van der Waals surface area contributed by atoms with E-state index >= 15 is 0 Å². The van der Waals surface area contributed by atoms with Crippen molar-refractivity contribution in [3.8, 4) is 5.75 Å². The van der Waals surface area contributed by atoms with Gasteiger partial charge in [-0.2, -0.15) is 0 Å². The molecule has 2 nitrogen and oxygen atoms in total. The number of fused-ring (bicyclic) bond motifs is 2. The number of phenols is 1. The third kappa shape index (κ3) is 3.56. The Morgan fingerprint density at radius 3 is 2.67 bits per heavy atom. The first-order valence-corrected chi connectivity index (χ1v) is 7.77. The predicted molar refractivity (Wildman–Crippen MR) is 91.2 cm³/mol. The fourth-order valence-corrected chi connectivity index (χ4v) is 4.12. The van der Waals surface area contributed by atoms with Crippen LogP contribution in [0.25, 0.3) is 5.57 Å². The van der Waals surface area contributed by atoms with Crippen molar-refractivity contribution in [1.29, 1.82) is 0 Å². The number of nitrogens with zero attached hydrogens (tertiary/aromatic N) is 1. The van der Waals surface area contributed by atoms with Gasteiger partial charge in [-0.1, -0.05) is 17.7 Å². The van der Waals surface area contributed by atoms with E-state index in [2.05, 4.69) is 25.1 Å². The zero-order valence-corrected chi connectivity index (χ0v) is 14.1. The zero-order valence-electron chi connectivity index (χ0n) is 12.6. The van der Waals surface area contributed by atoms with Gasteiger partial charge in [0, 0.05) is 11.6 Å². The molecule has 0 spiro atoms. The first-order valence-electron chi connectivity index (χ1n) is 7.39. The van der Waals surface area contributed by atoms with Gasteiger partial charge >= 0.3 is 0 Å². The average Bonchev–Trinajstić information content (AvgIpc) is 2.74. The van der Waals surface area contributed by atoms with Gasteiger partial charge in [-0.25, -0.2) is 0 Å². The van der Waals surface area contributed by atoms with Crippen LogP contribution in [0.2, 0.25) is 5.02 Å². The van der Waals surface area contributed by atoms with E-state index in [-0.39, 0.29) is 18.2 Å². The van der Waals surface area contributed by atoms with Crippen molar-refractivity contribution in [2.75, 3.05) is 20.6 Å². The maximum atomic E-state index is 9.82. The highest BCUT2D eigenvalue weighted by atomic mass is 35.5. The van der Waals surface area contributed by atoms with E-state index in [1.54, 1.807) is 6.07 Å². The van der Waals surface area contributed by atoms with Gasteiger partial charge in [0.2, 0.25) is 0 Å². The van der Waals surface area contributed by atoms with Gasteiger partial charge in [-0.15, -0.1) is 12.4 Å². The summed E-state index contributed by atoms with van der Waals surface area (Å²) < 4.78 is 0. The first kappa shape index (κ1) is 16.7. The number of hydrogen-bond acceptors (Lipinski definition) is 2. The van der Waals surface area contributed by atoms with E-state index in [4.69, 9.17) is 11.6 Å². The normalized spacial score (nSPS) is 27.4. The summed E-state index contributed by atoms with van der Waals surface area (Å²) in [5, 5.41) is 10.4. The van der Waals surface area contributed by atoms with Crippen molar-refractivity contribution < 1.29 is 5.11 Å². The Morgan fingerprint density at radius 2 is 2.00 bits per heavy atom. The lowest BCUT2D eigenvalue weighted by molar-refractivity contribution is 0.289. The van der Waals surface area contributed by atoms with E-state index in [9.17, 15) is 5.11 Å². The van der Waals surface area contributed by atoms with E-state index in [1.165, 1.54) is 24.8 Å². The molecule has 21 heavy (non-hydrogen) atoms. The molecule has 3 atom stereocenters. The molecule has 0 heterocycles. The van der Waals surface area contributed by atoms with Gasteiger partial charge in [0.05, 0.1) is 0 Å². The number of benzene rings is 1. The molecule has 1 saturated carbocycles. The third-order valence-electron chi connectivity index (χ3n) is 4.68. The fraction of sp³-hybridized carbons (Fsp3) is 0.529. The standard InChI is InChI=1S/C17H22ClNO.ClH/c1-19(2)10-17-12-4-3-11(5-12)6-16(17)13-7-14(18)9-15(20)8-13;/h6-9,11-12,17,20H,3-5,10H2,1-2H3;1H. The highest BCUT2D eigenvalue weighted by molar-refractivity contribution is 6.30. The van der Waals surface area contributed by atoms with Gasteiger partial charge in [-0.3, -0.25) is 0 Å². The lowest BCUT2D eigenvalue weighted by Gasteiger charge is -2.32. The molecule has 0 amide bonds. The fourth-order valence-electron chi connectivity index (χ4n) is 3.89. The molecule has 2 bridgehead atoms. The molecule has 2 aliphatic carbocycles. The van der Waals surface area contributed by atoms with Gasteiger partial charge in [-0.05, 0) is 80.4 Å². The minimum Gasteiger partial charge on any atom is -0.508 e. The van der Waals surface area contributed by atoms with Crippen LogP contribution >= 0.6 is 24.0 Å². The van der Waals surface area contributed by atoms with Gasteiger partial charge < -0.3 is 10.0 Å². The lowest BCUT2D eigenvalue weighted by atomic mass is 9.76. The summed E-state index contributed by atoms with van der Waals surface area (Å²) in [5.74, 6) is 2.31. The van der Waals surface area contributed by atoms with Crippen molar-refractivity contribution >= 4 is 29.6 Å². The number of halogens is 2. The Morgan fingerprint density at radius 1 is 1.24 bits per heavy atom. The van der Waals surface area contributed by atoms with Crippen LogP contribution in [0.1, 0.15) is 24.8 Å². The van der Waals surface area contributed by atoms with Gasteiger partial charge in [0.25, 0.3) is 0 Å². The minimum absolute atomic E-state index is 0. The molecule has 3 unspecified atom stereocenters. The van der Waals surface area contributed by atoms with E-state index in [0.29, 0.717) is 10.9 Å². The molecular weight excluding hydrogens is 305 g/mol. The molecule has 4 heteroatoms. The average molecular weight is 328 g/mol. The van der Waals surface area contributed by atoms with E-state index < -0.39 is 0 Å². The molecular formula is C17H23Cl2NO. The molecule has 0 aliphatic heterocycles. The van der Waals surface area contributed by atoms with Crippen molar-refractivity contribution in [3.05, 3.63) is 34.9 Å². The van der Waals surface area contributed by atoms with Crippen molar-refractivity contribution in [2.45, 2.75) is 19.3 Å². The molecule has 3 rings (SSSR count). The number of rotatable bonds is 3. The van der Waals surface area contributed by atoms with Crippen LogP contribution in [-0.4, -0.2) is 30.6 Å². The highest BCUT2D eigenvalue weighted by Crippen LogP contribution is 2.48. The zero-order chi connectivity index (χ0) is 14.3. The summed E-state index contributed by atoms with van der Waals surface area (Å²) in [5.41, 5.74) is 2.48. The smallest absolute Gasteiger partial charge is 0.117 e. The van der Waals surface area contributed by atoms with E-state index in [0.717, 1.165) is 23.9 Å². The SMILES string of the molecule is CN(C)CC1C(c2cc(O)cc(Cl)c2)=CC2CCC1C2.Cl. The number of phenolic OH excluding ortho intramolecular Hbond substituents is 1. The monoisotopic (exact) mass is 327 g/mol. The molecule has 0 saturated heterocycles. The summed E-state index contributed by atoms with van der Waals surface area (Å²) in [4.78, 5) is 2.27. The van der Waals surface area contributed by atoms with E-state index in [1.807, 2.05) is 12.1 Å². The molecule has 1 aromatic rings. The largest absolute Gasteiger partial charge is 0.508 e. The molecule has 116 valence electrons. The predicted octanol–water partition coefficient (Wildman–Crippen LogP) is 4.46. The second-order valence-corrected chi connectivity index (χ2v) is 6.96. The second kappa shape index (κ2) is 6.60. The summed E-state index contributed by atoms with van der Waals surface area (Å²) >= 11 is 6.11. The summed E-state index contributed by atoms with van der Waals surface area (Å²) in [6.07, 6.45) is 6.40. The Hall–Kier alpha value is -0.700. The molecule has 0 aromatic heterocycles. The van der Waals surface area contributed by atoms with Crippen LogP contribution in [0.5, 0.6) is 5.75 Å². The highest BCUT2D eigenvalue weighted by Gasteiger charge is 2.37. The topological polar surface area (TPSA) is 23.5 Å². The first-order chi connectivity index (χ1) is 9.52. The Balaban J connectivity index is 0.00000161. The van der Waals surface area contributed by atoms with Crippen LogP contribution in [0, 0.1) is 17.8 Å². The summed E-state index contributed by atoms with van der Waals surface area (Å²) in [7, 11) is 4.27. The number of hydrogen-bond donors (Lipinski definition) is 1. The van der Waals surface area contributed by atoms with Gasteiger partial charge in [0.1, 0.15) is 5.75 Å². The second-order valence-electron chi connectivity index (χ2n) is 6.52. The maximum Gasteiger partial charge on any atom is 0.117 e. The van der Waals surface area contributed by atoms with Crippen LogP contribution in [0.4, 0.5) is 0 Å². The minimum atomic E-state index is 0. The summed E-state index contributed by atoms with van der Waals surface area (Å²) in [6, 6.07) is 5.44. The third-order valence-corrected chi connectivity index (χ3v) is 4.89. The lowest BCUT2D eigenvalue weighted by Crippen LogP contribution is -2.29. The Bertz CT molecular complexity index is 521. The Labute approximate surface area is 138 Å². The van der Waals surface area contributed by atoms with Crippen molar-refractivity contribution in [3.63, 3.8) is 0 Å². The Kier molecular flexibility index (Phi) is 5.24. The van der Waals surface area contributed by atoms with Crippen LogP contribution in [0.3, 0.4) is 0 Å². The van der Waals surface area contributed by atoms with Crippen LogP contribution in [-0.2, 0) is 0 Å². The number of allylic oxidation sites excluding steroid dienone is 1. The molecule has 1 N–H and O–H groups in total. The molecule has 2 aliphatic rings. The summed E-state index contributed by atoms with van der Waals surface area (Å²) in [6.45, 7) is 1.07. The van der Waals surface area contributed by atoms with Crippen LogP contribution < -0.4 is 0 Å². The van der Waals surface area contributed by atoms with Crippen molar-refractivity contribution in [2.24, 2.45) is 17.8 Å². The van der Waals surface area contributed by atoms with Crippen LogP contribution in [0.15, 0.2) is 24.3 Å². The molecule has 1 aromatic carbocycles. The molecule has 1 fully saturated rings. The quantitative estimate of drug-likeness (QED) is 0.886. The number of aromatic hydroxyl groups is 1. The molecule has 0 radical (unpaired) electrons. The van der Waals surface area contributed by atoms with Gasteiger partial charge in [0.15, 0.2) is 0 Å².